The van der Waals surface area contributed by atoms with Gasteiger partial charge in [-0.15, -0.1) is 0 Å². The molecule has 2 aromatic heterocycles. The fourth-order valence-electron chi connectivity index (χ4n) is 4.83. The van der Waals surface area contributed by atoms with Crippen LogP contribution in [0.1, 0.15) is 50.7 Å². The summed E-state index contributed by atoms with van der Waals surface area (Å²) in [5.41, 5.74) is 3.24. The highest BCUT2D eigenvalue weighted by Gasteiger charge is 2.26. The highest BCUT2D eigenvalue weighted by Crippen LogP contribution is 2.29. The van der Waals surface area contributed by atoms with Crippen molar-refractivity contribution in [2.75, 3.05) is 19.3 Å². The van der Waals surface area contributed by atoms with E-state index in [9.17, 15) is 22.8 Å². The van der Waals surface area contributed by atoms with Crippen LogP contribution >= 0.6 is 0 Å². The van der Waals surface area contributed by atoms with Gasteiger partial charge in [-0.05, 0) is 61.7 Å². The lowest BCUT2D eigenvalue weighted by Crippen LogP contribution is -2.39. The number of carbonyl (C=O) groups is 2. The summed E-state index contributed by atoms with van der Waals surface area (Å²) in [6.45, 7) is 3.05. The fourth-order valence-corrected chi connectivity index (χ4v) is 5.28. The molecule has 4 aromatic rings. The number of rotatable bonds is 4. The van der Waals surface area contributed by atoms with E-state index in [4.69, 9.17) is 4.42 Å². The van der Waals surface area contributed by atoms with Crippen molar-refractivity contribution < 1.29 is 22.4 Å². The van der Waals surface area contributed by atoms with E-state index in [-0.39, 0.29) is 17.4 Å². The summed E-state index contributed by atoms with van der Waals surface area (Å²) >= 11 is 0. The Balaban J connectivity index is 1.38. The molecule has 36 heavy (non-hydrogen) atoms. The van der Waals surface area contributed by atoms with Crippen LogP contribution in [0.3, 0.4) is 0 Å². The highest BCUT2D eigenvalue weighted by molar-refractivity contribution is 7.89. The minimum Gasteiger partial charge on any atom is -0.405 e. The van der Waals surface area contributed by atoms with Gasteiger partial charge in [-0.25, -0.2) is 17.9 Å². The minimum absolute atomic E-state index is 0.0839. The molecule has 1 unspecified atom stereocenters. The van der Waals surface area contributed by atoms with Crippen LogP contribution in [-0.4, -0.2) is 48.9 Å². The first-order chi connectivity index (χ1) is 17.1. The van der Waals surface area contributed by atoms with Gasteiger partial charge >= 0.3 is 5.63 Å². The van der Waals surface area contributed by atoms with Crippen molar-refractivity contribution in [3.63, 3.8) is 0 Å². The molecule has 5 rings (SSSR count). The first-order valence-electron chi connectivity index (χ1n) is 11.6. The molecule has 10 heteroatoms. The van der Waals surface area contributed by atoms with Gasteiger partial charge in [0.1, 0.15) is 0 Å². The van der Waals surface area contributed by atoms with E-state index in [1.54, 1.807) is 48.5 Å². The molecular formula is C26H25N3O6S. The highest BCUT2D eigenvalue weighted by atomic mass is 32.2. The number of aromatic nitrogens is 1. The number of nitrogens with one attached hydrogen (secondary N) is 1. The van der Waals surface area contributed by atoms with Crippen molar-refractivity contribution in [3.8, 4) is 0 Å². The molecule has 186 valence electrons. The van der Waals surface area contributed by atoms with Crippen LogP contribution in [0.25, 0.3) is 16.6 Å². The SMILES string of the molecule is Cc1ccc2oc(=O)c3ccc(C(=O)N4CCCC(c5ccc(C(=O)NS(C)(=O)=O)cc5)C4)cc3n12. The predicted molar refractivity (Wildman–Crippen MR) is 135 cm³/mol. The molecule has 1 atom stereocenters. The Labute approximate surface area is 207 Å². The van der Waals surface area contributed by atoms with E-state index in [2.05, 4.69) is 0 Å². The van der Waals surface area contributed by atoms with E-state index < -0.39 is 21.6 Å². The van der Waals surface area contributed by atoms with Gasteiger partial charge in [0, 0.05) is 41.9 Å². The Kier molecular flexibility index (Phi) is 5.91. The number of aryl methyl sites for hydroxylation is 1. The summed E-state index contributed by atoms with van der Waals surface area (Å²) in [5.74, 6) is -0.709. The van der Waals surface area contributed by atoms with Crippen molar-refractivity contribution in [1.82, 2.24) is 14.0 Å². The average Bonchev–Trinajstić information content (AvgIpc) is 3.22. The predicted octanol–water partition coefficient (Wildman–Crippen LogP) is 3.06. The van der Waals surface area contributed by atoms with Gasteiger partial charge in [0.2, 0.25) is 15.7 Å². The van der Waals surface area contributed by atoms with E-state index in [1.165, 1.54) is 0 Å². The third-order valence-corrected chi connectivity index (χ3v) is 7.13. The Morgan fingerprint density at radius 1 is 1.03 bits per heavy atom. The lowest BCUT2D eigenvalue weighted by molar-refractivity contribution is 0.0707. The summed E-state index contributed by atoms with van der Waals surface area (Å²) in [6.07, 6.45) is 2.64. The van der Waals surface area contributed by atoms with Gasteiger partial charge in [0.25, 0.3) is 11.8 Å². The monoisotopic (exact) mass is 507 g/mol. The number of hydrogen-bond acceptors (Lipinski definition) is 6. The first-order valence-corrected chi connectivity index (χ1v) is 13.5. The van der Waals surface area contributed by atoms with Crippen LogP contribution in [-0.2, 0) is 10.0 Å². The lowest BCUT2D eigenvalue weighted by Gasteiger charge is -2.33. The molecule has 0 bridgehead atoms. The molecule has 2 aromatic carbocycles. The molecule has 0 spiro atoms. The molecule has 3 heterocycles. The van der Waals surface area contributed by atoms with Crippen molar-refractivity contribution in [1.29, 1.82) is 0 Å². The molecule has 0 saturated carbocycles. The minimum atomic E-state index is -3.64. The molecule has 1 aliphatic rings. The Bertz CT molecular complexity index is 1670. The third kappa shape index (κ3) is 4.51. The van der Waals surface area contributed by atoms with Crippen molar-refractivity contribution in [2.24, 2.45) is 0 Å². The normalized spacial score (nSPS) is 16.4. The van der Waals surface area contributed by atoms with Crippen LogP contribution in [0, 0.1) is 6.92 Å². The second-order valence-electron chi connectivity index (χ2n) is 9.19. The van der Waals surface area contributed by atoms with Crippen LogP contribution in [0.5, 0.6) is 0 Å². The van der Waals surface area contributed by atoms with Crippen molar-refractivity contribution in [2.45, 2.75) is 25.7 Å². The summed E-state index contributed by atoms with van der Waals surface area (Å²) in [4.78, 5) is 39.7. The Morgan fingerprint density at radius 3 is 2.47 bits per heavy atom. The summed E-state index contributed by atoms with van der Waals surface area (Å²) in [7, 11) is -3.64. The number of fused-ring (bicyclic) bond motifs is 3. The van der Waals surface area contributed by atoms with Crippen molar-refractivity contribution >= 4 is 38.5 Å². The largest absolute Gasteiger partial charge is 0.405 e. The first kappa shape index (κ1) is 23.8. The lowest BCUT2D eigenvalue weighted by atomic mass is 9.89. The molecule has 0 radical (unpaired) electrons. The van der Waals surface area contributed by atoms with Gasteiger partial charge in [0.15, 0.2) is 0 Å². The zero-order chi connectivity index (χ0) is 25.6. The van der Waals surface area contributed by atoms with Crippen LogP contribution in [0.15, 0.2) is 63.8 Å². The van der Waals surface area contributed by atoms with E-state index in [1.807, 2.05) is 27.0 Å². The van der Waals surface area contributed by atoms with Gasteiger partial charge < -0.3 is 9.32 Å². The maximum atomic E-state index is 13.4. The van der Waals surface area contributed by atoms with Gasteiger partial charge in [-0.2, -0.15) is 0 Å². The van der Waals surface area contributed by atoms with Gasteiger partial charge in [0.05, 0.1) is 17.2 Å². The molecule has 9 nitrogen and oxygen atoms in total. The van der Waals surface area contributed by atoms with Crippen molar-refractivity contribution in [3.05, 3.63) is 87.4 Å². The maximum absolute atomic E-state index is 13.4. The van der Waals surface area contributed by atoms with E-state index >= 15 is 0 Å². The summed E-state index contributed by atoms with van der Waals surface area (Å²) < 4.78 is 31.8. The van der Waals surface area contributed by atoms with Crippen LogP contribution < -0.4 is 10.3 Å². The topological polar surface area (TPSA) is 118 Å². The quantitative estimate of drug-likeness (QED) is 0.454. The maximum Gasteiger partial charge on any atom is 0.346 e. The number of carbonyl (C=O) groups excluding carboxylic acids is 2. The number of sulfonamides is 1. The van der Waals surface area contributed by atoms with Crippen LogP contribution in [0.4, 0.5) is 0 Å². The number of piperidine rings is 1. The number of amides is 2. The summed E-state index contributed by atoms with van der Waals surface area (Å²) in [6, 6.07) is 15.4. The zero-order valence-corrected chi connectivity index (χ0v) is 20.7. The number of hydrogen-bond donors (Lipinski definition) is 1. The van der Waals surface area contributed by atoms with Gasteiger partial charge in [-0.3, -0.25) is 14.0 Å². The second-order valence-corrected chi connectivity index (χ2v) is 10.9. The molecule has 2 amide bonds. The molecular weight excluding hydrogens is 482 g/mol. The average molecular weight is 508 g/mol. The van der Waals surface area contributed by atoms with Crippen LogP contribution in [0.2, 0.25) is 0 Å². The van der Waals surface area contributed by atoms with E-state index in [0.717, 1.165) is 30.4 Å². The third-order valence-electron chi connectivity index (χ3n) is 6.57. The Hall–Kier alpha value is -3.92. The van der Waals surface area contributed by atoms with Gasteiger partial charge in [-0.1, -0.05) is 12.1 Å². The molecule has 0 aliphatic carbocycles. The number of likely N-dealkylation sites (tertiary alicyclic amines) is 1. The Morgan fingerprint density at radius 2 is 1.75 bits per heavy atom. The molecule has 1 N–H and O–H groups in total. The standard InChI is InChI=1S/C26H25N3O6S/c1-16-5-12-23-29(16)22-14-19(10-11-21(22)26(32)35-23)25(31)28-13-3-4-20(15-28)17-6-8-18(9-7-17)24(30)27-36(2,33)34/h5-12,14,20H,3-4,13,15H2,1-2H3,(H,27,30). The second kappa shape index (κ2) is 8.94. The number of benzene rings is 2. The van der Waals surface area contributed by atoms with E-state index in [0.29, 0.717) is 35.3 Å². The molecule has 1 saturated heterocycles. The zero-order valence-electron chi connectivity index (χ0n) is 19.9. The summed E-state index contributed by atoms with van der Waals surface area (Å²) in [5, 5.41) is 0.412. The fraction of sp³-hybridized carbons (Fsp3) is 0.269. The number of nitrogens with zero attached hydrogens (tertiary/aromatic N) is 2. The molecule has 1 fully saturated rings. The molecule has 1 aliphatic heterocycles. The smallest absolute Gasteiger partial charge is 0.346 e.